The molecule has 0 spiro atoms. The lowest BCUT2D eigenvalue weighted by Gasteiger charge is -2.30. The fourth-order valence-corrected chi connectivity index (χ4v) is 1.98. The van der Waals surface area contributed by atoms with Crippen molar-refractivity contribution in [3.05, 3.63) is 11.9 Å². The predicted molar refractivity (Wildman–Crippen MR) is 53.1 cm³/mol. The first-order valence-electron chi connectivity index (χ1n) is 5.17. The van der Waals surface area contributed by atoms with Crippen molar-refractivity contribution < 1.29 is 9.90 Å². The van der Waals surface area contributed by atoms with Gasteiger partial charge in [0.05, 0.1) is 11.3 Å². The van der Waals surface area contributed by atoms with Crippen molar-refractivity contribution >= 4 is 5.78 Å². The van der Waals surface area contributed by atoms with E-state index >= 15 is 0 Å². The van der Waals surface area contributed by atoms with E-state index in [0.717, 1.165) is 5.69 Å². The van der Waals surface area contributed by atoms with E-state index in [4.69, 9.17) is 0 Å². The Morgan fingerprint density at radius 2 is 2.20 bits per heavy atom. The zero-order valence-corrected chi connectivity index (χ0v) is 8.81. The molecule has 1 saturated carbocycles. The third-order valence-electron chi connectivity index (χ3n) is 2.90. The Kier molecular flexibility index (Phi) is 2.56. The molecule has 5 nitrogen and oxygen atoms in total. The van der Waals surface area contributed by atoms with Crippen LogP contribution in [0.5, 0.6) is 0 Å². The molecule has 0 unspecified atom stereocenters. The number of nitrogens with zero attached hydrogens (tertiary/aromatic N) is 3. The summed E-state index contributed by atoms with van der Waals surface area (Å²) in [6, 6.07) is 0. The zero-order valence-electron chi connectivity index (χ0n) is 8.81. The third-order valence-corrected chi connectivity index (χ3v) is 2.90. The lowest BCUT2D eigenvalue weighted by molar-refractivity contribution is -0.125. The molecular formula is C10H15N3O2. The molecule has 5 heteroatoms. The van der Waals surface area contributed by atoms with Crippen molar-refractivity contribution in [2.24, 2.45) is 7.05 Å². The third kappa shape index (κ3) is 2.41. The fourth-order valence-electron chi connectivity index (χ4n) is 1.98. The van der Waals surface area contributed by atoms with Gasteiger partial charge in [0.15, 0.2) is 0 Å². The lowest BCUT2D eigenvalue weighted by atomic mass is 9.81. The van der Waals surface area contributed by atoms with Gasteiger partial charge in [-0.1, -0.05) is 5.21 Å². The van der Waals surface area contributed by atoms with Crippen molar-refractivity contribution in [1.82, 2.24) is 15.0 Å². The van der Waals surface area contributed by atoms with E-state index in [2.05, 4.69) is 10.3 Å². The van der Waals surface area contributed by atoms with Crippen LogP contribution in [0.1, 0.15) is 31.4 Å². The van der Waals surface area contributed by atoms with Crippen LogP contribution in [0.15, 0.2) is 6.20 Å². The maximum Gasteiger partial charge on any atom is 0.133 e. The second kappa shape index (κ2) is 3.73. The number of rotatable bonds is 2. The van der Waals surface area contributed by atoms with Crippen LogP contribution < -0.4 is 0 Å². The quantitative estimate of drug-likeness (QED) is 0.757. The highest BCUT2D eigenvalue weighted by Crippen LogP contribution is 2.28. The molecule has 2 rings (SSSR count). The first-order valence-corrected chi connectivity index (χ1v) is 5.17. The molecule has 1 aliphatic carbocycles. The van der Waals surface area contributed by atoms with Crippen LogP contribution in [0.25, 0.3) is 0 Å². The molecule has 1 N–H and O–H groups in total. The average Bonchev–Trinajstić information content (AvgIpc) is 2.57. The Hall–Kier alpha value is -1.23. The first kappa shape index (κ1) is 10.3. The number of aliphatic hydroxyl groups is 1. The van der Waals surface area contributed by atoms with Gasteiger partial charge < -0.3 is 5.11 Å². The van der Waals surface area contributed by atoms with Gasteiger partial charge in [0.2, 0.25) is 0 Å². The molecule has 1 aromatic heterocycles. The summed E-state index contributed by atoms with van der Waals surface area (Å²) in [7, 11) is 1.80. The molecule has 0 atom stereocenters. The van der Waals surface area contributed by atoms with E-state index < -0.39 is 5.60 Å². The summed E-state index contributed by atoms with van der Waals surface area (Å²) >= 11 is 0. The summed E-state index contributed by atoms with van der Waals surface area (Å²) in [5, 5.41) is 18.0. The van der Waals surface area contributed by atoms with Crippen molar-refractivity contribution in [1.29, 1.82) is 0 Å². The number of hydrogen-bond acceptors (Lipinski definition) is 4. The van der Waals surface area contributed by atoms with Crippen LogP contribution >= 0.6 is 0 Å². The van der Waals surface area contributed by atoms with Gasteiger partial charge in [-0.25, -0.2) is 0 Å². The van der Waals surface area contributed by atoms with Crippen LogP contribution in [0.3, 0.4) is 0 Å². The van der Waals surface area contributed by atoms with Gasteiger partial charge in [0, 0.05) is 32.5 Å². The summed E-state index contributed by atoms with van der Waals surface area (Å²) in [6.45, 7) is 0. The SMILES string of the molecule is Cn1cc(CC2(O)CCC(=O)CC2)nn1. The van der Waals surface area contributed by atoms with Crippen molar-refractivity contribution in [2.75, 3.05) is 0 Å². The van der Waals surface area contributed by atoms with E-state index in [1.165, 1.54) is 0 Å². The molecule has 0 bridgehead atoms. The Balaban J connectivity index is 2.01. The van der Waals surface area contributed by atoms with Crippen LogP contribution in [-0.2, 0) is 18.3 Å². The second-order valence-corrected chi connectivity index (χ2v) is 4.32. The second-order valence-electron chi connectivity index (χ2n) is 4.32. The summed E-state index contributed by atoms with van der Waals surface area (Å²) in [5.41, 5.74) is 0.0265. The molecule has 82 valence electrons. The number of hydrogen-bond donors (Lipinski definition) is 1. The molecule has 0 aliphatic heterocycles. The largest absolute Gasteiger partial charge is 0.389 e. The zero-order chi connectivity index (χ0) is 10.9. The van der Waals surface area contributed by atoms with Gasteiger partial charge in [0.1, 0.15) is 5.78 Å². The van der Waals surface area contributed by atoms with E-state index in [0.29, 0.717) is 32.1 Å². The van der Waals surface area contributed by atoms with E-state index in [9.17, 15) is 9.90 Å². The maximum atomic E-state index is 11.1. The molecule has 1 aromatic rings. The molecule has 0 aromatic carbocycles. The van der Waals surface area contributed by atoms with Gasteiger partial charge in [-0.3, -0.25) is 9.48 Å². The lowest BCUT2D eigenvalue weighted by Crippen LogP contribution is -2.36. The smallest absolute Gasteiger partial charge is 0.133 e. The minimum Gasteiger partial charge on any atom is -0.389 e. The summed E-state index contributed by atoms with van der Waals surface area (Å²) < 4.78 is 1.62. The van der Waals surface area contributed by atoms with Crippen molar-refractivity contribution in [3.63, 3.8) is 0 Å². The normalized spacial score (nSPS) is 20.5. The van der Waals surface area contributed by atoms with Crippen molar-refractivity contribution in [2.45, 2.75) is 37.7 Å². The summed E-state index contributed by atoms with van der Waals surface area (Å²) in [6.07, 6.45) is 4.35. The van der Waals surface area contributed by atoms with E-state index in [1.54, 1.807) is 17.9 Å². The molecule has 0 amide bonds. The Labute approximate surface area is 88.1 Å². The predicted octanol–water partition coefficient (Wildman–Crippen LogP) is 0.232. The van der Waals surface area contributed by atoms with Gasteiger partial charge in [-0.15, -0.1) is 5.10 Å². The highest BCUT2D eigenvalue weighted by atomic mass is 16.3. The van der Waals surface area contributed by atoms with E-state index in [1.807, 2.05) is 0 Å². The highest BCUT2D eigenvalue weighted by molar-refractivity contribution is 5.79. The molecule has 1 aliphatic rings. The number of aryl methyl sites for hydroxylation is 1. The standard InChI is InChI=1S/C10H15N3O2/c1-13-7-8(11-12-13)6-10(15)4-2-9(14)3-5-10/h7,15H,2-6H2,1H3. The Morgan fingerprint density at radius 3 is 2.73 bits per heavy atom. The van der Waals surface area contributed by atoms with Crippen LogP contribution in [0.2, 0.25) is 0 Å². The number of aromatic nitrogens is 3. The summed E-state index contributed by atoms with van der Waals surface area (Å²) in [5.74, 6) is 0.249. The van der Waals surface area contributed by atoms with E-state index in [-0.39, 0.29) is 5.78 Å². The van der Waals surface area contributed by atoms with Crippen LogP contribution in [0.4, 0.5) is 0 Å². The Morgan fingerprint density at radius 1 is 1.53 bits per heavy atom. The first-order chi connectivity index (χ1) is 7.07. The number of ketones is 1. The average molecular weight is 209 g/mol. The Bertz CT molecular complexity index is 362. The van der Waals surface area contributed by atoms with Gasteiger partial charge >= 0.3 is 0 Å². The maximum absolute atomic E-state index is 11.1. The van der Waals surface area contributed by atoms with Crippen LogP contribution in [-0.4, -0.2) is 31.5 Å². The topological polar surface area (TPSA) is 68.0 Å². The minimum absolute atomic E-state index is 0.249. The van der Waals surface area contributed by atoms with Crippen LogP contribution in [0, 0.1) is 0 Å². The van der Waals surface area contributed by atoms with Gasteiger partial charge in [-0.05, 0) is 12.8 Å². The minimum atomic E-state index is -0.760. The van der Waals surface area contributed by atoms with Crippen molar-refractivity contribution in [3.8, 4) is 0 Å². The number of carbonyl (C=O) groups excluding carboxylic acids is 1. The fraction of sp³-hybridized carbons (Fsp3) is 0.700. The molecule has 0 radical (unpaired) electrons. The number of Topliss-reactive ketones (excluding diaryl/α,β-unsaturated/α-hetero) is 1. The molecule has 1 fully saturated rings. The monoisotopic (exact) mass is 209 g/mol. The highest BCUT2D eigenvalue weighted by Gasteiger charge is 2.33. The van der Waals surface area contributed by atoms with Gasteiger partial charge in [-0.2, -0.15) is 0 Å². The van der Waals surface area contributed by atoms with Gasteiger partial charge in [0.25, 0.3) is 0 Å². The molecule has 15 heavy (non-hydrogen) atoms. The summed E-state index contributed by atoms with van der Waals surface area (Å²) in [4.78, 5) is 11.1. The molecule has 1 heterocycles. The number of carbonyl (C=O) groups is 1. The molecule has 0 saturated heterocycles. The molecular weight excluding hydrogens is 194 g/mol.